The molecule has 1 N–H and O–H groups in total. The number of aromatic nitrogens is 1. The first kappa shape index (κ1) is 22.7. The quantitative estimate of drug-likeness (QED) is 0.637. The molecule has 1 aliphatic heterocycles. The minimum absolute atomic E-state index is 0.186. The van der Waals surface area contributed by atoms with Crippen LogP contribution in [0.15, 0.2) is 45.6 Å². The number of rotatable bonds is 5. The molecule has 8 nitrogen and oxygen atoms in total. The lowest BCUT2D eigenvalue weighted by Crippen LogP contribution is -2.47. The smallest absolute Gasteiger partial charge is 0.408 e. The summed E-state index contributed by atoms with van der Waals surface area (Å²) in [5.74, 6) is -1.21. The van der Waals surface area contributed by atoms with Crippen molar-refractivity contribution >= 4 is 17.0 Å². The Labute approximate surface area is 190 Å². The highest BCUT2D eigenvalue weighted by molar-refractivity contribution is 5.82. The monoisotopic (exact) mass is 452 g/mol. The van der Waals surface area contributed by atoms with Gasteiger partial charge in [-0.3, -0.25) is 9.36 Å². The molecule has 0 spiro atoms. The third-order valence-electron chi connectivity index (χ3n) is 5.95. The van der Waals surface area contributed by atoms with Crippen LogP contribution in [0.2, 0.25) is 0 Å². The highest BCUT2D eigenvalue weighted by Crippen LogP contribution is 2.27. The van der Waals surface area contributed by atoms with Crippen molar-refractivity contribution in [3.63, 3.8) is 0 Å². The lowest BCUT2D eigenvalue weighted by atomic mass is 9.99. The van der Waals surface area contributed by atoms with Crippen LogP contribution in [0, 0.1) is 17.1 Å². The van der Waals surface area contributed by atoms with E-state index in [2.05, 4.69) is 11.4 Å². The lowest BCUT2D eigenvalue weighted by Gasteiger charge is -2.27. The van der Waals surface area contributed by atoms with Crippen molar-refractivity contribution in [2.45, 2.75) is 25.0 Å². The standard InChI is InChI=1S/C24H25FN4O4/c1-28(23(30)22-14-27-8-3-9-32-22)17(13-26)10-15-4-6-18(19(25)11-15)16-5-7-21-20(12-16)29(2)24(31)33-21/h4-7,11-12,17,22,27H,3,8-10,14H2,1-2H3/t17-,22-/m0/s1. The number of ether oxygens (including phenoxy) is 1. The molecular formula is C24H25FN4O4. The summed E-state index contributed by atoms with van der Waals surface area (Å²) >= 11 is 0. The van der Waals surface area contributed by atoms with Gasteiger partial charge in [-0.25, -0.2) is 9.18 Å². The number of aryl methyl sites for hydroxylation is 1. The molecule has 1 saturated heterocycles. The van der Waals surface area contributed by atoms with E-state index in [-0.39, 0.29) is 12.3 Å². The van der Waals surface area contributed by atoms with Gasteiger partial charge in [0.15, 0.2) is 5.58 Å². The summed E-state index contributed by atoms with van der Waals surface area (Å²) in [7, 11) is 3.16. The molecule has 2 aromatic carbocycles. The minimum Gasteiger partial charge on any atom is -0.408 e. The number of amides is 1. The van der Waals surface area contributed by atoms with Crippen molar-refractivity contribution < 1.29 is 18.3 Å². The first-order chi connectivity index (χ1) is 15.9. The number of hydrogen-bond donors (Lipinski definition) is 1. The summed E-state index contributed by atoms with van der Waals surface area (Å²) < 4.78 is 27.1. The van der Waals surface area contributed by atoms with Gasteiger partial charge in [0.05, 0.1) is 11.6 Å². The average molecular weight is 452 g/mol. The van der Waals surface area contributed by atoms with Crippen molar-refractivity contribution in [1.82, 2.24) is 14.8 Å². The molecule has 2 heterocycles. The van der Waals surface area contributed by atoms with Crippen LogP contribution < -0.4 is 11.1 Å². The number of fused-ring (bicyclic) bond motifs is 1. The third-order valence-corrected chi connectivity index (χ3v) is 5.95. The Morgan fingerprint density at radius 1 is 1.36 bits per heavy atom. The molecule has 0 unspecified atom stereocenters. The van der Waals surface area contributed by atoms with Crippen LogP contribution in [0.3, 0.4) is 0 Å². The number of hydrogen-bond acceptors (Lipinski definition) is 6. The summed E-state index contributed by atoms with van der Waals surface area (Å²) in [4.78, 5) is 25.9. The van der Waals surface area contributed by atoms with Crippen LogP contribution in [0.1, 0.15) is 12.0 Å². The lowest BCUT2D eigenvalue weighted by molar-refractivity contribution is -0.142. The predicted molar refractivity (Wildman–Crippen MR) is 120 cm³/mol. The Morgan fingerprint density at radius 3 is 2.94 bits per heavy atom. The van der Waals surface area contributed by atoms with Crippen LogP contribution in [-0.2, 0) is 23.0 Å². The fourth-order valence-electron chi connectivity index (χ4n) is 3.96. The van der Waals surface area contributed by atoms with E-state index in [9.17, 15) is 14.9 Å². The summed E-state index contributed by atoms with van der Waals surface area (Å²) in [5.41, 5.74) is 2.57. The highest BCUT2D eigenvalue weighted by atomic mass is 19.1. The van der Waals surface area contributed by atoms with Crippen molar-refractivity contribution in [3.8, 4) is 17.2 Å². The van der Waals surface area contributed by atoms with Gasteiger partial charge in [-0.2, -0.15) is 5.26 Å². The van der Waals surface area contributed by atoms with Crippen LogP contribution in [-0.4, -0.2) is 54.3 Å². The Morgan fingerprint density at radius 2 is 2.18 bits per heavy atom. The zero-order chi connectivity index (χ0) is 23.5. The number of carbonyl (C=O) groups excluding carboxylic acids is 1. The van der Waals surface area contributed by atoms with Crippen molar-refractivity contribution in [3.05, 3.63) is 58.3 Å². The Balaban J connectivity index is 1.52. The Bertz CT molecular complexity index is 1270. The second-order valence-electron chi connectivity index (χ2n) is 8.14. The molecule has 1 fully saturated rings. The molecule has 1 aromatic heterocycles. The second kappa shape index (κ2) is 9.57. The molecule has 0 bridgehead atoms. The Hall–Kier alpha value is -3.48. The zero-order valence-electron chi connectivity index (χ0n) is 18.5. The summed E-state index contributed by atoms with van der Waals surface area (Å²) in [6, 6.07) is 11.2. The molecule has 1 aliphatic rings. The molecule has 0 radical (unpaired) electrons. The molecular weight excluding hydrogens is 427 g/mol. The minimum atomic E-state index is -0.758. The summed E-state index contributed by atoms with van der Waals surface area (Å²) in [6.45, 7) is 1.67. The molecule has 33 heavy (non-hydrogen) atoms. The van der Waals surface area contributed by atoms with E-state index >= 15 is 4.39 Å². The molecule has 0 saturated carbocycles. The first-order valence-corrected chi connectivity index (χ1v) is 10.8. The van der Waals surface area contributed by atoms with E-state index in [0.29, 0.717) is 40.9 Å². The number of nitriles is 1. The molecule has 2 atom stereocenters. The van der Waals surface area contributed by atoms with Crippen LogP contribution >= 0.6 is 0 Å². The predicted octanol–water partition coefficient (Wildman–Crippen LogP) is 2.21. The van der Waals surface area contributed by atoms with Crippen LogP contribution in [0.4, 0.5) is 4.39 Å². The first-order valence-electron chi connectivity index (χ1n) is 10.8. The number of carbonyl (C=O) groups is 1. The van der Waals surface area contributed by atoms with E-state index in [4.69, 9.17) is 9.15 Å². The van der Waals surface area contributed by atoms with Crippen molar-refractivity contribution in [1.29, 1.82) is 5.26 Å². The van der Waals surface area contributed by atoms with E-state index in [1.54, 1.807) is 44.4 Å². The molecule has 1 amide bonds. The molecule has 0 aliphatic carbocycles. The number of nitrogens with one attached hydrogen (secondary N) is 1. The molecule has 9 heteroatoms. The van der Waals surface area contributed by atoms with Gasteiger partial charge < -0.3 is 19.4 Å². The number of oxazole rings is 1. The van der Waals surface area contributed by atoms with Gasteiger partial charge in [-0.05, 0) is 42.3 Å². The number of halogens is 1. The third kappa shape index (κ3) is 4.67. The van der Waals surface area contributed by atoms with Gasteiger partial charge >= 0.3 is 5.76 Å². The number of likely N-dealkylation sites (N-methyl/N-ethyl adjacent to an activating group) is 1. The van der Waals surface area contributed by atoms with E-state index in [0.717, 1.165) is 13.0 Å². The van der Waals surface area contributed by atoms with Gasteiger partial charge in [0.25, 0.3) is 5.91 Å². The van der Waals surface area contributed by atoms with Gasteiger partial charge in [0, 0.05) is 39.2 Å². The largest absolute Gasteiger partial charge is 0.419 e. The molecule has 3 aromatic rings. The fraction of sp³-hybridized carbons (Fsp3) is 0.375. The maximum absolute atomic E-state index is 15.0. The van der Waals surface area contributed by atoms with E-state index in [1.165, 1.54) is 15.5 Å². The summed E-state index contributed by atoms with van der Waals surface area (Å²) in [5, 5.41) is 12.8. The summed E-state index contributed by atoms with van der Waals surface area (Å²) in [6.07, 6.45) is 0.372. The fourth-order valence-corrected chi connectivity index (χ4v) is 3.96. The highest BCUT2D eigenvalue weighted by Gasteiger charge is 2.28. The maximum atomic E-state index is 15.0. The van der Waals surface area contributed by atoms with Gasteiger partial charge in [0.1, 0.15) is 18.0 Å². The maximum Gasteiger partial charge on any atom is 0.419 e. The van der Waals surface area contributed by atoms with Gasteiger partial charge in [0.2, 0.25) is 0 Å². The van der Waals surface area contributed by atoms with Gasteiger partial charge in [-0.15, -0.1) is 0 Å². The number of benzene rings is 2. The van der Waals surface area contributed by atoms with Gasteiger partial charge in [-0.1, -0.05) is 18.2 Å². The van der Waals surface area contributed by atoms with Crippen LogP contribution in [0.25, 0.3) is 22.2 Å². The molecule has 172 valence electrons. The van der Waals surface area contributed by atoms with Crippen LogP contribution in [0.5, 0.6) is 0 Å². The topological polar surface area (TPSA) is 101 Å². The Kier molecular flexibility index (Phi) is 6.58. The average Bonchev–Trinajstić information content (AvgIpc) is 2.99. The van der Waals surface area contributed by atoms with Crippen molar-refractivity contribution in [2.75, 3.05) is 26.7 Å². The zero-order valence-corrected chi connectivity index (χ0v) is 18.5. The van der Waals surface area contributed by atoms with E-state index in [1.807, 2.05) is 0 Å². The second-order valence-corrected chi connectivity index (χ2v) is 8.14. The normalized spacial score (nSPS) is 17.3. The molecule has 4 rings (SSSR count). The number of nitrogens with zero attached hydrogens (tertiary/aromatic N) is 3. The SMILES string of the molecule is CN(C(=O)[C@@H]1CNCCCO1)[C@H](C#N)Cc1ccc(-c2ccc3oc(=O)n(C)c3c2)c(F)c1. The van der Waals surface area contributed by atoms with Crippen molar-refractivity contribution in [2.24, 2.45) is 7.05 Å². The van der Waals surface area contributed by atoms with E-state index < -0.39 is 23.7 Å².